The molecule has 4 heteroatoms. The molecule has 1 heterocycles. The molecule has 2 rings (SSSR count). The van der Waals surface area contributed by atoms with Crippen molar-refractivity contribution in [2.24, 2.45) is 0 Å². The monoisotopic (exact) mass is 239 g/mol. The lowest BCUT2D eigenvalue weighted by Crippen LogP contribution is -2.31. The number of nitrogens with zero attached hydrogens (tertiary/aromatic N) is 1. The molecule has 1 saturated heterocycles. The van der Waals surface area contributed by atoms with Gasteiger partial charge in [-0.1, -0.05) is 6.08 Å². The lowest BCUT2D eigenvalue weighted by Gasteiger charge is -2.23. The van der Waals surface area contributed by atoms with Gasteiger partial charge >= 0.3 is 0 Å². The second kappa shape index (κ2) is 4.55. The maximum Gasteiger partial charge on any atom is 0.126 e. The topological polar surface area (TPSA) is 23.5 Å². The van der Waals surface area contributed by atoms with E-state index in [0.717, 1.165) is 6.07 Å². The number of β-amino-alcohol motifs (C(OH)–C–C–N with tert-alkyl or cyclic N) is 1. The Hall–Kier alpha value is -1.26. The maximum atomic E-state index is 13.1. The summed E-state index contributed by atoms with van der Waals surface area (Å²) in [5.74, 6) is -1.31. The van der Waals surface area contributed by atoms with Crippen LogP contribution in [0.4, 0.5) is 8.78 Å². The lowest BCUT2D eigenvalue weighted by atomic mass is 9.93. The number of hydrogen-bond acceptors (Lipinski definition) is 2. The van der Waals surface area contributed by atoms with Gasteiger partial charge in [0, 0.05) is 25.7 Å². The van der Waals surface area contributed by atoms with E-state index in [2.05, 4.69) is 6.58 Å². The Labute approximate surface area is 99.2 Å². The third kappa shape index (κ3) is 2.53. The van der Waals surface area contributed by atoms with E-state index in [1.165, 1.54) is 12.1 Å². The minimum absolute atomic E-state index is 0.307. The average molecular weight is 239 g/mol. The molecule has 1 aromatic carbocycles. The highest BCUT2D eigenvalue weighted by atomic mass is 19.1. The van der Waals surface area contributed by atoms with Gasteiger partial charge in [0.25, 0.3) is 0 Å². The summed E-state index contributed by atoms with van der Waals surface area (Å²) in [6.07, 6.45) is 2.22. The Morgan fingerprint density at radius 3 is 2.59 bits per heavy atom. The van der Waals surface area contributed by atoms with Gasteiger partial charge in [-0.25, -0.2) is 8.78 Å². The molecule has 1 aliphatic heterocycles. The second-order valence-corrected chi connectivity index (χ2v) is 4.46. The van der Waals surface area contributed by atoms with E-state index in [1.54, 1.807) is 6.08 Å². The fraction of sp³-hybridized carbons (Fsp3) is 0.385. The van der Waals surface area contributed by atoms with Crippen LogP contribution >= 0.6 is 0 Å². The van der Waals surface area contributed by atoms with Gasteiger partial charge in [-0.2, -0.15) is 0 Å². The summed E-state index contributed by atoms with van der Waals surface area (Å²) in [7, 11) is 0. The van der Waals surface area contributed by atoms with Gasteiger partial charge in [0.05, 0.1) is 0 Å². The van der Waals surface area contributed by atoms with E-state index in [4.69, 9.17) is 0 Å². The van der Waals surface area contributed by atoms with Gasteiger partial charge in [-0.05, 0) is 24.1 Å². The van der Waals surface area contributed by atoms with Crippen molar-refractivity contribution in [1.29, 1.82) is 0 Å². The smallest absolute Gasteiger partial charge is 0.126 e. The van der Waals surface area contributed by atoms with E-state index >= 15 is 0 Å². The third-order valence-corrected chi connectivity index (χ3v) is 3.11. The zero-order chi connectivity index (χ0) is 12.5. The molecule has 0 spiro atoms. The van der Waals surface area contributed by atoms with Crippen LogP contribution in [0.25, 0.3) is 0 Å². The Bertz CT molecular complexity index is 415. The Kier molecular flexibility index (Phi) is 3.26. The van der Waals surface area contributed by atoms with E-state index in [0.29, 0.717) is 31.6 Å². The van der Waals surface area contributed by atoms with E-state index in [-0.39, 0.29) is 0 Å². The fourth-order valence-corrected chi connectivity index (χ4v) is 2.27. The normalized spacial score (nSPS) is 25.1. The molecule has 0 aliphatic carbocycles. The molecule has 1 fully saturated rings. The molecular formula is C13H15F2NO. The predicted molar refractivity (Wildman–Crippen MR) is 61.5 cm³/mol. The molecule has 0 aromatic heterocycles. The van der Waals surface area contributed by atoms with E-state index in [1.807, 2.05) is 4.90 Å². The van der Waals surface area contributed by atoms with Gasteiger partial charge in [-0.15, -0.1) is 6.58 Å². The maximum absolute atomic E-state index is 13.1. The Balaban J connectivity index is 2.24. The molecule has 1 aromatic rings. The van der Waals surface area contributed by atoms with Crippen molar-refractivity contribution in [2.75, 3.05) is 19.6 Å². The standard InChI is InChI=1S/C13H15F2NO/c1-2-4-16-5-3-13(17,9-16)10-6-11(14)8-12(15)7-10/h2,6-8,17H,1,3-5,9H2. The Morgan fingerprint density at radius 1 is 1.35 bits per heavy atom. The van der Waals surface area contributed by atoms with Gasteiger partial charge in [0.1, 0.15) is 17.2 Å². The first-order chi connectivity index (χ1) is 8.03. The summed E-state index contributed by atoms with van der Waals surface area (Å²) in [5.41, 5.74) is -0.854. The zero-order valence-corrected chi connectivity index (χ0v) is 9.50. The SMILES string of the molecule is C=CCN1CCC(O)(c2cc(F)cc(F)c2)C1. The number of likely N-dealkylation sites (tertiary alicyclic amines) is 1. The largest absolute Gasteiger partial charge is 0.384 e. The van der Waals surface area contributed by atoms with Crippen LogP contribution in [0.1, 0.15) is 12.0 Å². The molecular weight excluding hydrogens is 224 g/mol. The summed E-state index contributed by atoms with van der Waals surface area (Å²) < 4.78 is 26.2. The van der Waals surface area contributed by atoms with Gasteiger partial charge in [0.15, 0.2) is 0 Å². The first kappa shape index (κ1) is 12.2. The first-order valence-corrected chi connectivity index (χ1v) is 5.56. The quantitative estimate of drug-likeness (QED) is 0.816. The summed E-state index contributed by atoms with van der Waals surface area (Å²) >= 11 is 0. The molecule has 1 aliphatic rings. The highest BCUT2D eigenvalue weighted by Gasteiger charge is 2.37. The summed E-state index contributed by atoms with van der Waals surface area (Å²) in [6.45, 7) is 5.37. The van der Waals surface area contributed by atoms with Crippen LogP contribution in [0, 0.1) is 11.6 Å². The molecule has 1 atom stereocenters. The molecule has 2 nitrogen and oxygen atoms in total. The number of rotatable bonds is 3. The Morgan fingerprint density at radius 2 is 2.00 bits per heavy atom. The van der Waals surface area contributed by atoms with Crippen molar-refractivity contribution >= 4 is 0 Å². The third-order valence-electron chi connectivity index (χ3n) is 3.11. The van der Waals surface area contributed by atoms with Crippen molar-refractivity contribution in [3.63, 3.8) is 0 Å². The van der Waals surface area contributed by atoms with Crippen molar-refractivity contribution in [3.05, 3.63) is 48.1 Å². The fourth-order valence-electron chi connectivity index (χ4n) is 2.27. The molecule has 0 amide bonds. The number of hydrogen-bond donors (Lipinski definition) is 1. The van der Waals surface area contributed by atoms with Crippen molar-refractivity contribution in [3.8, 4) is 0 Å². The van der Waals surface area contributed by atoms with Crippen molar-refractivity contribution < 1.29 is 13.9 Å². The highest BCUT2D eigenvalue weighted by molar-refractivity contribution is 5.26. The predicted octanol–water partition coefficient (Wildman–Crippen LogP) is 2.04. The lowest BCUT2D eigenvalue weighted by molar-refractivity contribution is 0.0468. The average Bonchev–Trinajstić information content (AvgIpc) is 2.61. The van der Waals surface area contributed by atoms with Crippen LogP contribution < -0.4 is 0 Å². The van der Waals surface area contributed by atoms with Crippen molar-refractivity contribution in [2.45, 2.75) is 12.0 Å². The number of aliphatic hydroxyl groups is 1. The van der Waals surface area contributed by atoms with Crippen LogP contribution in [-0.4, -0.2) is 29.6 Å². The molecule has 1 N–H and O–H groups in total. The van der Waals surface area contributed by atoms with E-state index in [9.17, 15) is 13.9 Å². The molecule has 17 heavy (non-hydrogen) atoms. The van der Waals surface area contributed by atoms with E-state index < -0.39 is 17.2 Å². The summed E-state index contributed by atoms with van der Waals surface area (Å²) in [6, 6.07) is 3.20. The molecule has 0 saturated carbocycles. The number of benzene rings is 1. The molecule has 1 unspecified atom stereocenters. The van der Waals surface area contributed by atoms with Crippen molar-refractivity contribution in [1.82, 2.24) is 4.90 Å². The van der Waals surface area contributed by atoms with Crippen LogP contribution in [-0.2, 0) is 5.60 Å². The molecule has 0 bridgehead atoms. The second-order valence-electron chi connectivity index (χ2n) is 4.46. The molecule has 0 radical (unpaired) electrons. The van der Waals surface area contributed by atoms with Crippen LogP contribution in [0.3, 0.4) is 0 Å². The van der Waals surface area contributed by atoms with Gasteiger partial charge in [0.2, 0.25) is 0 Å². The minimum Gasteiger partial charge on any atom is -0.384 e. The van der Waals surface area contributed by atoms with Gasteiger partial charge in [-0.3, -0.25) is 4.90 Å². The number of halogens is 2. The highest BCUT2D eigenvalue weighted by Crippen LogP contribution is 2.32. The van der Waals surface area contributed by atoms with Crippen LogP contribution in [0.15, 0.2) is 30.9 Å². The molecule has 92 valence electrons. The zero-order valence-electron chi connectivity index (χ0n) is 9.50. The van der Waals surface area contributed by atoms with Crippen LogP contribution in [0.2, 0.25) is 0 Å². The summed E-state index contributed by atoms with van der Waals surface area (Å²) in [4.78, 5) is 2.00. The minimum atomic E-state index is -1.16. The summed E-state index contributed by atoms with van der Waals surface area (Å²) in [5, 5.41) is 10.4. The van der Waals surface area contributed by atoms with Crippen LogP contribution in [0.5, 0.6) is 0 Å². The first-order valence-electron chi connectivity index (χ1n) is 5.56. The van der Waals surface area contributed by atoms with Gasteiger partial charge < -0.3 is 5.11 Å².